The van der Waals surface area contributed by atoms with Crippen LogP contribution in [0.2, 0.25) is 0 Å². The second-order valence-corrected chi connectivity index (χ2v) is 4.12. The Hall–Kier alpha value is -2.10. The van der Waals surface area contributed by atoms with Gasteiger partial charge in [0, 0.05) is 5.56 Å². The maximum atomic E-state index is 12.0. The molecule has 1 heterocycles. The molecule has 0 spiro atoms. The van der Waals surface area contributed by atoms with Crippen molar-refractivity contribution < 1.29 is 14.1 Å². The number of esters is 1. The summed E-state index contributed by atoms with van der Waals surface area (Å²) in [6.07, 6.45) is 1.87. The Balaban J connectivity index is 2.57. The van der Waals surface area contributed by atoms with Gasteiger partial charge in [0.2, 0.25) is 6.33 Å². The van der Waals surface area contributed by atoms with Crippen molar-refractivity contribution in [1.82, 2.24) is 4.57 Å². The highest BCUT2D eigenvalue weighted by atomic mass is 16.5. The van der Waals surface area contributed by atoms with Gasteiger partial charge in [0.05, 0.1) is 20.7 Å². The molecule has 2 rings (SSSR count). The molecule has 4 heteroatoms. The smallest absolute Gasteiger partial charge is 0.383 e. The molecule has 1 aromatic carbocycles. The largest absolute Gasteiger partial charge is 0.460 e. The molecule has 94 valence electrons. The third-order valence-electron chi connectivity index (χ3n) is 2.79. The summed E-state index contributed by atoms with van der Waals surface area (Å²) in [6.45, 7) is 2.19. The topological polar surface area (TPSA) is 35.1 Å². The average molecular weight is 245 g/mol. The number of hydrogen-bond acceptors (Lipinski definition) is 2. The molecule has 0 aliphatic rings. The van der Waals surface area contributed by atoms with Gasteiger partial charge in [0.15, 0.2) is 5.69 Å². The zero-order valence-electron chi connectivity index (χ0n) is 10.9. The molecule has 1 aromatic heterocycles. The summed E-state index contributed by atoms with van der Waals surface area (Å²) in [5.74, 6) is -0.292. The minimum atomic E-state index is -0.292. The third kappa shape index (κ3) is 2.14. The van der Waals surface area contributed by atoms with Gasteiger partial charge in [-0.2, -0.15) is 0 Å². The van der Waals surface area contributed by atoms with Crippen LogP contribution >= 0.6 is 0 Å². The maximum absolute atomic E-state index is 12.0. The number of aromatic nitrogens is 2. The summed E-state index contributed by atoms with van der Waals surface area (Å²) in [7, 11) is 3.77. The van der Waals surface area contributed by atoms with Gasteiger partial charge >= 0.3 is 5.97 Å². The number of rotatable bonds is 3. The van der Waals surface area contributed by atoms with Crippen LogP contribution in [-0.4, -0.2) is 17.1 Å². The predicted molar refractivity (Wildman–Crippen MR) is 68.0 cm³/mol. The van der Waals surface area contributed by atoms with Crippen LogP contribution < -0.4 is 4.57 Å². The molecule has 0 bridgehead atoms. The number of nitrogens with zero attached hydrogens (tertiary/aromatic N) is 2. The van der Waals surface area contributed by atoms with E-state index in [4.69, 9.17) is 4.74 Å². The van der Waals surface area contributed by atoms with Crippen LogP contribution in [0.3, 0.4) is 0 Å². The van der Waals surface area contributed by atoms with Gasteiger partial charge in [-0.1, -0.05) is 30.3 Å². The van der Waals surface area contributed by atoms with Crippen LogP contribution in [0.4, 0.5) is 0 Å². The zero-order valence-corrected chi connectivity index (χ0v) is 10.9. The van der Waals surface area contributed by atoms with Gasteiger partial charge in [0.25, 0.3) is 5.69 Å². The van der Waals surface area contributed by atoms with Crippen molar-refractivity contribution in [3.8, 4) is 11.3 Å². The van der Waals surface area contributed by atoms with Crippen molar-refractivity contribution >= 4 is 5.97 Å². The second-order valence-electron chi connectivity index (χ2n) is 4.12. The highest BCUT2D eigenvalue weighted by molar-refractivity contribution is 5.93. The monoisotopic (exact) mass is 245 g/mol. The summed E-state index contributed by atoms with van der Waals surface area (Å²) >= 11 is 0. The van der Waals surface area contributed by atoms with E-state index in [1.54, 1.807) is 4.57 Å². The molecule has 0 N–H and O–H groups in total. The quantitative estimate of drug-likeness (QED) is 0.609. The highest BCUT2D eigenvalue weighted by Gasteiger charge is 2.27. The average Bonchev–Trinajstić information content (AvgIpc) is 2.65. The Kier molecular flexibility index (Phi) is 3.46. The lowest BCUT2D eigenvalue weighted by Crippen LogP contribution is -2.28. The molecule has 0 fully saturated rings. The molecule has 0 saturated heterocycles. The summed E-state index contributed by atoms with van der Waals surface area (Å²) < 4.78 is 8.84. The van der Waals surface area contributed by atoms with Gasteiger partial charge in [-0.3, -0.25) is 0 Å². The molecule has 0 saturated carbocycles. The van der Waals surface area contributed by atoms with Crippen molar-refractivity contribution in [3.63, 3.8) is 0 Å². The molecule has 18 heavy (non-hydrogen) atoms. The van der Waals surface area contributed by atoms with Crippen LogP contribution in [0.25, 0.3) is 11.3 Å². The fourth-order valence-corrected chi connectivity index (χ4v) is 2.09. The lowest BCUT2D eigenvalue weighted by atomic mass is 10.1. The Morgan fingerprint density at radius 3 is 2.61 bits per heavy atom. The molecule has 0 atom stereocenters. The summed E-state index contributed by atoms with van der Waals surface area (Å²) in [6, 6.07) is 9.83. The van der Waals surface area contributed by atoms with Crippen LogP contribution in [0.5, 0.6) is 0 Å². The number of carbonyl (C=O) groups excluding carboxylic acids is 1. The molecule has 0 aliphatic carbocycles. The molecule has 0 aliphatic heterocycles. The lowest BCUT2D eigenvalue weighted by Gasteiger charge is -2.02. The minimum Gasteiger partial charge on any atom is -0.460 e. The van der Waals surface area contributed by atoms with Crippen molar-refractivity contribution in [2.24, 2.45) is 14.1 Å². The van der Waals surface area contributed by atoms with Crippen molar-refractivity contribution in [2.45, 2.75) is 6.92 Å². The highest BCUT2D eigenvalue weighted by Crippen LogP contribution is 2.20. The molecule has 2 aromatic rings. The molecule has 0 unspecified atom stereocenters. The fourth-order valence-electron chi connectivity index (χ4n) is 2.09. The standard InChI is InChI=1S/C14H17N2O2/c1-4-18-14(17)13-12(15(2)10-16(13)3)11-8-6-5-7-9-11/h5-10H,4H2,1-3H3/q+1. The first-order valence-electron chi connectivity index (χ1n) is 5.92. The van der Waals surface area contributed by atoms with E-state index < -0.39 is 0 Å². The first-order valence-corrected chi connectivity index (χ1v) is 5.92. The SMILES string of the molecule is CCOC(=O)c1c(-c2ccccc2)[n+](C)cn1C. The zero-order chi connectivity index (χ0) is 13.1. The number of benzene rings is 1. The van der Waals surface area contributed by atoms with Crippen molar-refractivity contribution in [2.75, 3.05) is 6.61 Å². The van der Waals surface area contributed by atoms with E-state index in [0.29, 0.717) is 12.3 Å². The first-order chi connectivity index (χ1) is 8.65. The van der Waals surface area contributed by atoms with E-state index >= 15 is 0 Å². The Morgan fingerprint density at radius 2 is 2.00 bits per heavy atom. The van der Waals surface area contributed by atoms with Crippen LogP contribution in [-0.2, 0) is 18.8 Å². The lowest BCUT2D eigenvalue weighted by molar-refractivity contribution is -0.660. The van der Waals surface area contributed by atoms with Gasteiger partial charge < -0.3 is 4.74 Å². The van der Waals surface area contributed by atoms with E-state index in [9.17, 15) is 4.79 Å². The molecule has 0 amide bonds. The summed E-state index contributed by atoms with van der Waals surface area (Å²) in [5.41, 5.74) is 2.45. The number of ether oxygens (including phenoxy) is 1. The Bertz CT molecular complexity index is 559. The summed E-state index contributed by atoms with van der Waals surface area (Å²) in [5, 5.41) is 0. The number of hydrogen-bond donors (Lipinski definition) is 0. The maximum Gasteiger partial charge on any atom is 0.383 e. The van der Waals surface area contributed by atoms with Crippen LogP contribution in [0.1, 0.15) is 17.4 Å². The number of imidazole rings is 1. The van der Waals surface area contributed by atoms with E-state index in [-0.39, 0.29) is 5.97 Å². The van der Waals surface area contributed by atoms with Crippen molar-refractivity contribution in [3.05, 3.63) is 42.4 Å². The minimum absolute atomic E-state index is 0.292. The summed E-state index contributed by atoms with van der Waals surface area (Å²) in [4.78, 5) is 12.0. The van der Waals surface area contributed by atoms with Gasteiger partial charge in [-0.15, -0.1) is 0 Å². The van der Waals surface area contributed by atoms with Gasteiger partial charge in [-0.05, 0) is 6.92 Å². The third-order valence-corrected chi connectivity index (χ3v) is 2.79. The van der Waals surface area contributed by atoms with E-state index in [0.717, 1.165) is 11.3 Å². The van der Waals surface area contributed by atoms with E-state index in [1.807, 2.05) is 62.2 Å². The van der Waals surface area contributed by atoms with Crippen LogP contribution in [0.15, 0.2) is 36.7 Å². The second kappa shape index (κ2) is 5.04. The van der Waals surface area contributed by atoms with Crippen molar-refractivity contribution in [1.29, 1.82) is 0 Å². The van der Waals surface area contributed by atoms with E-state index in [2.05, 4.69) is 0 Å². The number of carbonyl (C=O) groups is 1. The fraction of sp³-hybridized carbons (Fsp3) is 0.286. The normalized spacial score (nSPS) is 10.4. The van der Waals surface area contributed by atoms with E-state index in [1.165, 1.54) is 0 Å². The number of aryl methyl sites for hydroxylation is 2. The first kappa shape index (κ1) is 12.4. The Labute approximate surface area is 106 Å². The molecule has 0 radical (unpaired) electrons. The Morgan fingerprint density at radius 1 is 1.33 bits per heavy atom. The molecular formula is C14H17N2O2+. The van der Waals surface area contributed by atoms with Gasteiger partial charge in [0.1, 0.15) is 0 Å². The predicted octanol–water partition coefficient (Wildman–Crippen LogP) is 1.69. The van der Waals surface area contributed by atoms with Gasteiger partial charge in [-0.25, -0.2) is 13.9 Å². The molecular weight excluding hydrogens is 228 g/mol. The van der Waals surface area contributed by atoms with Crippen LogP contribution in [0, 0.1) is 0 Å². The molecule has 4 nitrogen and oxygen atoms in total.